The first-order valence-corrected chi connectivity index (χ1v) is 6.66. The number of rotatable bonds is 2. The van der Waals surface area contributed by atoms with E-state index >= 15 is 0 Å². The van der Waals surface area contributed by atoms with Crippen LogP contribution in [0.2, 0.25) is 0 Å². The molecule has 0 bridgehead atoms. The SMILES string of the molecule is O=C(O)C1(N2CC3(CC3)C2)CCCCCC1. The lowest BCUT2D eigenvalue weighted by Crippen LogP contribution is -2.64. The summed E-state index contributed by atoms with van der Waals surface area (Å²) in [4.78, 5) is 13.9. The molecule has 0 aromatic rings. The van der Waals surface area contributed by atoms with Crippen molar-refractivity contribution in [2.24, 2.45) is 5.41 Å². The van der Waals surface area contributed by atoms with E-state index in [0.717, 1.165) is 38.8 Å². The third kappa shape index (κ3) is 1.48. The molecule has 0 aromatic heterocycles. The highest BCUT2D eigenvalue weighted by atomic mass is 16.4. The molecule has 3 nitrogen and oxygen atoms in total. The molecule has 1 spiro atoms. The molecule has 0 aromatic carbocycles. The molecule has 3 heteroatoms. The summed E-state index contributed by atoms with van der Waals surface area (Å²) < 4.78 is 0. The molecule has 3 fully saturated rings. The van der Waals surface area contributed by atoms with Gasteiger partial charge in [0.2, 0.25) is 0 Å². The van der Waals surface area contributed by atoms with E-state index in [2.05, 4.69) is 4.90 Å². The standard InChI is InChI=1S/C13H21NO2/c15-11(16)13(5-3-1-2-4-6-13)14-9-12(10-14)7-8-12/h1-10H2,(H,15,16). The minimum absolute atomic E-state index is 0.496. The number of carboxylic acids is 1. The molecule has 90 valence electrons. The predicted octanol–water partition coefficient (Wildman–Crippen LogP) is 2.26. The molecule has 2 saturated carbocycles. The normalized spacial score (nSPS) is 31.8. The minimum Gasteiger partial charge on any atom is -0.480 e. The number of hydrogen-bond acceptors (Lipinski definition) is 2. The Bertz CT molecular complexity index is 293. The van der Waals surface area contributed by atoms with Crippen molar-refractivity contribution in [3.05, 3.63) is 0 Å². The minimum atomic E-state index is -0.565. The van der Waals surface area contributed by atoms with Crippen LogP contribution in [-0.4, -0.2) is 34.6 Å². The van der Waals surface area contributed by atoms with Gasteiger partial charge in [-0.05, 0) is 31.1 Å². The van der Waals surface area contributed by atoms with Gasteiger partial charge in [-0.25, -0.2) is 0 Å². The van der Waals surface area contributed by atoms with Crippen LogP contribution in [0.15, 0.2) is 0 Å². The van der Waals surface area contributed by atoms with E-state index in [0.29, 0.717) is 5.41 Å². The van der Waals surface area contributed by atoms with Gasteiger partial charge in [0.1, 0.15) is 5.54 Å². The second-order valence-corrected chi connectivity index (χ2v) is 6.11. The Morgan fingerprint density at radius 3 is 1.94 bits per heavy atom. The highest BCUT2D eigenvalue weighted by Gasteiger charge is 2.59. The Balaban J connectivity index is 1.75. The van der Waals surface area contributed by atoms with Gasteiger partial charge in [0.25, 0.3) is 0 Å². The second-order valence-electron chi connectivity index (χ2n) is 6.11. The molecule has 2 aliphatic carbocycles. The molecule has 0 amide bonds. The number of carboxylic acid groups (broad SMARTS) is 1. The van der Waals surface area contributed by atoms with Crippen molar-refractivity contribution in [2.45, 2.75) is 56.9 Å². The van der Waals surface area contributed by atoms with Crippen molar-refractivity contribution in [1.82, 2.24) is 4.90 Å². The van der Waals surface area contributed by atoms with E-state index in [9.17, 15) is 9.90 Å². The topological polar surface area (TPSA) is 40.5 Å². The summed E-state index contributed by atoms with van der Waals surface area (Å²) >= 11 is 0. The maximum absolute atomic E-state index is 11.7. The van der Waals surface area contributed by atoms with Gasteiger partial charge in [-0.15, -0.1) is 0 Å². The summed E-state index contributed by atoms with van der Waals surface area (Å²) in [5.41, 5.74) is 0.0685. The molecule has 0 unspecified atom stereocenters. The van der Waals surface area contributed by atoms with E-state index in [4.69, 9.17) is 0 Å². The van der Waals surface area contributed by atoms with Gasteiger partial charge < -0.3 is 5.11 Å². The zero-order valence-corrected chi connectivity index (χ0v) is 9.87. The molecule has 0 radical (unpaired) electrons. The Morgan fingerprint density at radius 1 is 0.938 bits per heavy atom. The van der Waals surface area contributed by atoms with E-state index in [1.165, 1.54) is 25.7 Å². The van der Waals surface area contributed by atoms with E-state index in [1.54, 1.807) is 0 Å². The molecule has 1 saturated heterocycles. The van der Waals surface area contributed by atoms with Crippen molar-refractivity contribution in [3.63, 3.8) is 0 Å². The lowest BCUT2D eigenvalue weighted by atomic mass is 9.81. The summed E-state index contributed by atoms with van der Waals surface area (Å²) in [5.74, 6) is -0.565. The summed E-state index contributed by atoms with van der Waals surface area (Å²) in [5, 5.41) is 9.60. The fraction of sp³-hybridized carbons (Fsp3) is 0.923. The molecular weight excluding hydrogens is 202 g/mol. The number of hydrogen-bond donors (Lipinski definition) is 1. The van der Waals surface area contributed by atoms with Gasteiger partial charge in [0, 0.05) is 13.1 Å². The molecule has 1 heterocycles. The number of carbonyl (C=O) groups is 1. The smallest absolute Gasteiger partial charge is 0.324 e. The van der Waals surface area contributed by atoms with Crippen LogP contribution < -0.4 is 0 Å². The Kier molecular flexibility index (Phi) is 2.29. The van der Waals surface area contributed by atoms with Crippen molar-refractivity contribution < 1.29 is 9.90 Å². The van der Waals surface area contributed by atoms with Gasteiger partial charge in [-0.3, -0.25) is 9.69 Å². The van der Waals surface area contributed by atoms with Crippen molar-refractivity contribution >= 4 is 5.97 Å². The number of aliphatic carboxylic acids is 1. The lowest BCUT2D eigenvalue weighted by Gasteiger charge is -2.50. The Labute approximate surface area is 96.8 Å². The van der Waals surface area contributed by atoms with E-state index in [1.807, 2.05) is 0 Å². The van der Waals surface area contributed by atoms with Gasteiger partial charge in [0.05, 0.1) is 0 Å². The van der Waals surface area contributed by atoms with Crippen molar-refractivity contribution in [2.75, 3.05) is 13.1 Å². The average molecular weight is 223 g/mol. The van der Waals surface area contributed by atoms with E-state index < -0.39 is 11.5 Å². The quantitative estimate of drug-likeness (QED) is 0.730. The first-order chi connectivity index (χ1) is 7.67. The maximum Gasteiger partial charge on any atom is 0.324 e. The first kappa shape index (κ1) is 10.6. The fourth-order valence-corrected chi connectivity index (χ4v) is 3.54. The molecule has 3 aliphatic rings. The third-order valence-electron chi connectivity index (χ3n) is 4.94. The summed E-state index contributed by atoms with van der Waals surface area (Å²) in [6.07, 6.45) is 9.03. The van der Waals surface area contributed by atoms with Crippen LogP contribution >= 0.6 is 0 Å². The number of likely N-dealkylation sites (tertiary alicyclic amines) is 1. The molecule has 1 N–H and O–H groups in total. The van der Waals surface area contributed by atoms with Crippen LogP contribution in [0, 0.1) is 5.41 Å². The Morgan fingerprint density at radius 2 is 1.50 bits per heavy atom. The van der Waals surface area contributed by atoms with Crippen LogP contribution in [-0.2, 0) is 4.79 Å². The van der Waals surface area contributed by atoms with Crippen molar-refractivity contribution in [1.29, 1.82) is 0 Å². The van der Waals surface area contributed by atoms with Gasteiger partial charge >= 0.3 is 5.97 Å². The fourth-order valence-electron chi connectivity index (χ4n) is 3.54. The van der Waals surface area contributed by atoms with E-state index in [-0.39, 0.29) is 0 Å². The molecule has 0 atom stereocenters. The molecule has 1 aliphatic heterocycles. The molecule has 3 rings (SSSR count). The third-order valence-corrected chi connectivity index (χ3v) is 4.94. The highest BCUT2D eigenvalue weighted by Crippen LogP contribution is 2.56. The molecular formula is C13H21NO2. The highest BCUT2D eigenvalue weighted by molar-refractivity contribution is 5.79. The summed E-state index contributed by atoms with van der Waals surface area (Å²) in [7, 11) is 0. The zero-order valence-electron chi connectivity index (χ0n) is 9.87. The van der Waals surface area contributed by atoms with Gasteiger partial charge in [-0.1, -0.05) is 25.7 Å². The predicted molar refractivity (Wildman–Crippen MR) is 61.3 cm³/mol. The van der Waals surface area contributed by atoms with Crippen molar-refractivity contribution in [3.8, 4) is 0 Å². The van der Waals surface area contributed by atoms with Crippen LogP contribution in [0.4, 0.5) is 0 Å². The Hall–Kier alpha value is -0.570. The van der Waals surface area contributed by atoms with Gasteiger partial charge in [0.15, 0.2) is 0 Å². The largest absolute Gasteiger partial charge is 0.480 e. The number of nitrogens with zero attached hydrogens (tertiary/aromatic N) is 1. The van der Waals surface area contributed by atoms with Crippen LogP contribution in [0.25, 0.3) is 0 Å². The monoisotopic (exact) mass is 223 g/mol. The van der Waals surface area contributed by atoms with Gasteiger partial charge in [-0.2, -0.15) is 0 Å². The molecule has 16 heavy (non-hydrogen) atoms. The van der Waals surface area contributed by atoms with Crippen LogP contribution in [0.3, 0.4) is 0 Å². The summed E-state index contributed by atoms with van der Waals surface area (Å²) in [6, 6.07) is 0. The average Bonchev–Trinajstić information content (AvgIpc) is 3.00. The zero-order chi connectivity index (χ0) is 11.2. The summed E-state index contributed by atoms with van der Waals surface area (Å²) in [6.45, 7) is 2.11. The maximum atomic E-state index is 11.7. The first-order valence-electron chi connectivity index (χ1n) is 6.66. The van der Waals surface area contributed by atoms with Crippen LogP contribution in [0.5, 0.6) is 0 Å². The second kappa shape index (κ2) is 3.46. The lowest BCUT2D eigenvalue weighted by molar-refractivity contribution is -0.160. The van der Waals surface area contributed by atoms with Crippen LogP contribution in [0.1, 0.15) is 51.4 Å².